The van der Waals surface area contributed by atoms with E-state index in [9.17, 15) is 22.7 Å². The van der Waals surface area contributed by atoms with Crippen LogP contribution < -0.4 is 5.73 Å². The van der Waals surface area contributed by atoms with Crippen LogP contribution in [0.15, 0.2) is 24.3 Å². The molecule has 0 aliphatic carbocycles. The molecule has 0 bridgehead atoms. The summed E-state index contributed by atoms with van der Waals surface area (Å²) in [7, 11) is 0. The highest BCUT2D eigenvalue weighted by atomic mass is 19.4. The van der Waals surface area contributed by atoms with Crippen molar-refractivity contribution in [3.05, 3.63) is 35.6 Å². The summed E-state index contributed by atoms with van der Waals surface area (Å²) in [4.78, 5) is 0. The van der Waals surface area contributed by atoms with Crippen molar-refractivity contribution in [2.45, 2.75) is 24.7 Å². The monoisotopic (exact) mass is 237 g/mol. The van der Waals surface area contributed by atoms with Crippen LogP contribution in [0, 0.1) is 5.82 Å². The quantitative estimate of drug-likeness (QED) is 0.791. The Bertz CT molecular complexity index is 336. The highest BCUT2D eigenvalue weighted by Gasteiger charge is 2.37. The molecule has 0 aliphatic heterocycles. The molecule has 0 amide bonds. The van der Waals surface area contributed by atoms with Gasteiger partial charge in [-0.1, -0.05) is 12.1 Å². The molecular weight excluding hydrogens is 226 g/mol. The zero-order valence-electron chi connectivity index (χ0n) is 8.21. The van der Waals surface area contributed by atoms with Crippen molar-refractivity contribution >= 4 is 0 Å². The molecule has 0 spiro atoms. The highest BCUT2D eigenvalue weighted by Crippen LogP contribution is 2.26. The van der Waals surface area contributed by atoms with Crippen LogP contribution >= 0.6 is 0 Å². The lowest BCUT2D eigenvalue weighted by atomic mass is 10.0. The van der Waals surface area contributed by atoms with Crippen LogP contribution in [-0.4, -0.2) is 17.3 Å². The topological polar surface area (TPSA) is 46.2 Å². The van der Waals surface area contributed by atoms with Gasteiger partial charge >= 0.3 is 6.18 Å². The SMILES string of the molecule is N[C@H](C[C@H](O)c1ccc(F)cc1)C(F)(F)F. The summed E-state index contributed by atoms with van der Waals surface area (Å²) in [6, 6.07) is 2.49. The molecule has 1 aromatic rings. The predicted molar refractivity (Wildman–Crippen MR) is 50.0 cm³/mol. The van der Waals surface area contributed by atoms with E-state index in [4.69, 9.17) is 5.73 Å². The second-order valence-electron chi connectivity index (χ2n) is 3.45. The lowest BCUT2D eigenvalue weighted by molar-refractivity contribution is -0.153. The summed E-state index contributed by atoms with van der Waals surface area (Å²) in [6.45, 7) is 0. The van der Waals surface area contributed by atoms with Gasteiger partial charge in [-0.2, -0.15) is 13.2 Å². The van der Waals surface area contributed by atoms with Gasteiger partial charge in [0.05, 0.1) is 6.10 Å². The lowest BCUT2D eigenvalue weighted by Crippen LogP contribution is -2.38. The molecule has 0 aliphatic rings. The maximum absolute atomic E-state index is 12.5. The molecule has 3 N–H and O–H groups in total. The standard InChI is InChI=1S/C10H11F4NO/c11-7-3-1-6(2-4-7)8(16)5-9(15)10(12,13)14/h1-4,8-9,16H,5,15H2/t8-,9+/m0/s1. The van der Waals surface area contributed by atoms with E-state index in [0.29, 0.717) is 0 Å². The van der Waals surface area contributed by atoms with Gasteiger partial charge in [0.1, 0.15) is 11.9 Å². The molecule has 0 heterocycles. The van der Waals surface area contributed by atoms with Gasteiger partial charge in [0.2, 0.25) is 0 Å². The number of rotatable bonds is 3. The van der Waals surface area contributed by atoms with Crippen LogP contribution in [-0.2, 0) is 0 Å². The minimum Gasteiger partial charge on any atom is -0.388 e. The smallest absolute Gasteiger partial charge is 0.388 e. The minimum atomic E-state index is -4.54. The molecule has 90 valence electrons. The summed E-state index contributed by atoms with van der Waals surface area (Å²) >= 11 is 0. The van der Waals surface area contributed by atoms with Crippen molar-refractivity contribution in [1.29, 1.82) is 0 Å². The van der Waals surface area contributed by atoms with Gasteiger partial charge in [-0.25, -0.2) is 4.39 Å². The number of nitrogens with two attached hydrogens (primary N) is 1. The van der Waals surface area contributed by atoms with E-state index in [0.717, 1.165) is 12.1 Å². The Hall–Kier alpha value is -1.14. The van der Waals surface area contributed by atoms with Crippen LogP contribution in [0.1, 0.15) is 18.1 Å². The highest BCUT2D eigenvalue weighted by molar-refractivity contribution is 5.18. The number of hydrogen-bond donors (Lipinski definition) is 2. The Kier molecular flexibility index (Phi) is 3.88. The predicted octanol–water partition coefficient (Wildman–Crippen LogP) is 2.14. The molecule has 0 radical (unpaired) electrons. The van der Waals surface area contributed by atoms with E-state index in [1.54, 1.807) is 0 Å². The van der Waals surface area contributed by atoms with Crippen LogP contribution in [0.3, 0.4) is 0 Å². The first kappa shape index (κ1) is 12.9. The molecule has 1 rings (SSSR count). The number of benzene rings is 1. The number of aliphatic hydroxyl groups excluding tert-OH is 1. The average Bonchev–Trinajstić information content (AvgIpc) is 2.17. The summed E-state index contributed by atoms with van der Waals surface area (Å²) in [5, 5.41) is 9.44. The van der Waals surface area contributed by atoms with Crippen molar-refractivity contribution in [1.82, 2.24) is 0 Å². The van der Waals surface area contributed by atoms with Crippen LogP contribution in [0.4, 0.5) is 17.6 Å². The van der Waals surface area contributed by atoms with Crippen molar-refractivity contribution in [2.75, 3.05) is 0 Å². The third kappa shape index (κ3) is 3.46. The number of hydrogen-bond acceptors (Lipinski definition) is 2. The Morgan fingerprint density at radius 1 is 1.19 bits per heavy atom. The second-order valence-corrected chi connectivity index (χ2v) is 3.45. The zero-order chi connectivity index (χ0) is 12.3. The molecule has 0 aromatic heterocycles. The first-order chi connectivity index (χ1) is 7.30. The summed E-state index contributed by atoms with van der Waals surface area (Å²) in [5.41, 5.74) is 5.07. The Morgan fingerprint density at radius 2 is 1.69 bits per heavy atom. The number of alkyl halides is 3. The molecule has 0 saturated heterocycles. The summed E-state index contributed by atoms with van der Waals surface area (Å²) < 4.78 is 48.8. The lowest BCUT2D eigenvalue weighted by Gasteiger charge is -2.19. The van der Waals surface area contributed by atoms with E-state index in [1.807, 2.05) is 0 Å². The number of halogens is 4. The molecule has 2 nitrogen and oxygen atoms in total. The summed E-state index contributed by atoms with van der Waals surface area (Å²) in [5.74, 6) is -0.518. The van der Waals surface area contributed by atoms with E-state index < -0.39 is 30.6 Å². The fraction of sp³-hybridized carbons (Fsp3) is 0.400. The van der Waals surface area contributed by atoms with Crippen molar-refractivity contribution in [2.24, 2.45) is 5.73 Å². The van der Waals surface area contributed by atoms with Crippen molar-refractivity contribution < 1.29 is 22.7 Å². The van der Waals surface area contributed by atoms with Gasteiger partial charge in [0.25, 0.3) is 0 Å². The Labute approximate surface area is 89.7 Å². The van der Waals surface area contributed by atoms with E-state index >= 15 is 0 Å². The molecular formula is C10H11F4NO. The first-order valence-corrected chi connectivity index (χ1v) is 4.56. The van der Waals surface area contributed by atoms with Gasteiger partial charge in [-0.3, -0.25) is 0 Å². The second kappa shape index (κ2) is 4.80. The van der Waals surface area contributed by atoms with E-state index in [1.165, 1.54) is 12.1 Å². The maximum atomic E-state index is 12.5. The summed E-state index contributed by atoms with van der Waals surface area (Å²) in [6.07, 6.45) is -6.53. The first-order valence-electron chi connectivity index (χ1n) is 4.56. The fourth-order valence-corrected chi connectivity index (χ4v) is 1.20. The third-order valence-corrected chi connectivity index (χ3v) is 2.15. The molecule has 0 unspecified atom stereocenters. The van der Waals surface area contributed by atoms with Gasteiger partial charge in [0.15, 0.2) is 0 Å². The Balaban J connectivity index is 2.65. The molecule has 16 heavy (non-hydrogen) atoms. The Morgan fingerprint density at radius 3 is 2.12 bits per heavy atom. The maximum Gasteiger partial charge on any atom is 0.403 e. The molecule has 2 atom stereocenters. The van der Waals surface area contributed by atoms with Gasteiger partial charge in [-0.15, -0.1) is 0 Å². The molecule has 0 fully saturated rings. The zero-order valence-corrected chi connectivity index (χ0v) is 8.21. The minimum absolute atomic E-state index is 0.209. The largest absolute Gasteiger partial charge is 0.403 e. The fourth-order valence-electron chi connectivity index (χ4n) is 1.20. The van der Waals surface area contributed by atoms with Crippen LogP contribution in [0.5, 0.6) is 0 Å². The van der Waals surface area contributed by atoms with Crippen LogP contribution in [0.25, 0.3) is 0 Å². The average molecular weight is 237 g/mol. The molecule has 6 heteroatoms. The third-order valence-electron chi connectivity index (χ3n) is 2.15. The van der Waals surface area contributed by atoms with Gasteiger partial charge < -0.3 is 10.8 Å². The molecule has 1 aromatic carbocycles. The van der Waals surface area contributed by atoms with Gasteiger partial charge in [-0.05, 0) is 17.7 Å². The van der Waals surface area contributed by atoms with Crippen molar-refractivity contribution in [3.8, 4) is 0 Å². The molecule has 0 saturated carbocycles. The van der Waals surface area contributed by atoms with Gasteiger partial charge in [0, 0.05) is 6.42 Å². The van der Waals surface area contributed by atoms with Crippen LogP contribution in [0.2, 0.25) is 0 Å². The van der Waals surface area contributed by atoms with Crippen molar-refractivity contribution in [3.63, 3.8) is 0 Å². The normalized spacial score (nSPS) is 15.9. The number of aliphatic hydroxyl groups is 1. The van der Waals surface area contributed by atoms with E-state index in [2.05, 4.69) is 0 Å². The van der Waals surface area contributed by atoms with E-state index in [-0.39, 0.29) is 5.56 Å².